The quantitative estimate of drug-likeness (QED) is 0.628. The summed E-state index contributed by atoms with van der Waals surface area (Å²) < 4.78 is 1.98. The summed E-state index contributed by atoms with van der Waals surface area (Å²) in [5, 5.41) is 0. The summed E-state index contributed by atoms with van der Waals surface area (Å²) in [4.78, 5) is 9.37. The minimum absolute atomic E-state index is 0.543. The van der Waals surface area contributed by atoms with Crippen LogP contribution in [0.25, 0.3) is 5.69 Å². The van der Waals surface area contributed by atoms with Crippen LogP contribution in [0.1, 0.15) is 19.4 Å². The normalized spacial score (nSPS) is 11.1. The van der Waals surface area contributed by atoms with E-state index in [1.54, 1.807) is 12.5 Å². The first kappa shape index (κ1) is 12.8. The maximum absolute atomic E-state index is 5.34. The molecule has 2 aromatic rings. The summed E-state index contributed by atoms with van der Waals surface area (Å²) in [5.41, 5.74) is 5.28. The van der Waals surface area contributed by atoms with Crippen LogP contribution in [0.15, 0.2) is 43.0 Å². The smallest absolute Gasteiger partial charge is 0.0991 e. The van der Waals surface area contributed by atoms with Crippen molar-refractivity contribution in [1.29, 1.82) is 0 Å². The first-order valence-electron chi connectivity index (χ1n) is 6.17. The van der Waals surface area contributed by atoms with Gasteiger partial charge in [-0.25, -0.2) is 4.98 Å². The van der Waals surface area contributed by atoms with Crippen LogP contribution in [0.5, 0.6) is 0 Å². The van der Waals surface area contributed by atoms with Crippen molar-refractivity contribution >= 4 is 0 Å². The largest absolute Gasteiger partial charge is 0.306 e. The van der Waals surface area contributed by atoms with Crippen molar-refractivity contribution in [3.8, 4) is 5.69 Å². The van der Waals surface area contributed by atoms with Crippen LogP contribution in [0.2, 0.25) is 0 Å². The van der Waals surface area contributed by atoms with Crippen LogP contribution >= 0.6 is 0 Å². The molecule has 0 saturated carbocycles. The maximum Gasteiger partial charge on any atom is 0.0991 e. The van der Waals surface area contributed by atoms with Gasteiger partial charge in [-0.3, -0.25) is 0 Å². The van der Waals surface area contributed by atoms with Crippen LogP contribution in [0.3, 0.4) is 0 Å². The summed E-state index contributed by atoms with van der Waals surface area (Å²) in [7, 11) is 0. The molecule has 1 aromatic heterocycles. The molecule has 0 aliphatic heterocycles. The second kappa shape index (κ2) is 6.33. The van der Waals surface area contributed by atoms with Gasteiger partial charge in [0.1, 0.15) is 0 Å². The maximum atomic E-state index is 5.34. The zero-order valence-electron chi connectivity index (χ0n) is 10.8. The molecule has 0 fully saturated rings. The molecule has 1 aromatic carbocycles. The Kier molecular flexibility index (Phi) is 4.50. The number of hydroxylamine groups is 1. The molecule has 0 radical (unpaired) electrons. The number of hydrogen-bond donors (Lipinski definition) is 1. The highest BCUT2D eigenvalue weighted by atomic mass is 16.6. The fourth-order valence-electron chi connectivity index (χ4n) is 1.56. The lowest BCUT2D eigenvalue weighted by Crippen LogP contribution is -2.17. The van der Waals surface area contributed by atoms with Crippen molar-refractivity contribution in [2.45, 2.75) is 20.4 Å². The highest BCUT2D eigenvalue weighted by molar-refractivity contribution is 5.34. The minimum Gasteiger partial charge on any atom is -0.306 e. The molecule has 0 saturated heterocycles. The molecule has 0 unspecified atom stereocenters. The van der Waals surface area contributed by atoms with Crippen molar-refractivity contribution in [2.24, 2.45) is 5.92 Å². The van der Waals surface area contributed by atoms with Crippen LogP contribution in [-0.4, -0.2) is 16.2 Å². The van der Waals surface area contributed by atoms with E-state index in [-0.39, 0.29) is 0 Å². The molecule has 4 heteroatoms. The standard InChI is InChI=1S/C14H19N3O/c1-12(2)10-18-16-9-13-3-5-14(6-4-13)17-8-7-15-11-17/h3-8,11-12,16H,9-10H2,1-2H3. The predicted molar refractivity (Wildman–Crippen MR) is 71.2 cm³/mol. The first-order chi connectivity index (χ1) is 8.75. The number of nitrogens with zero attached hydrogens (tertiary/aromatic N) is 2. The second-order valence-electron chi connectivity index (χ2n) is 4.66. The van der Waals surface area contributed by atoms with Crippen LogP contribution in [0, 0.1) is 5.92 Å². The Balaban J connectivity index is 1.84. The van der Waals surface area contributed by atoms with E-state index in [2.05, 4.69) is 48.6 Å². The van der Waals surface area contributed by atoms with Gasteiger partial charge in [0.2, 0.25) is 0 Å². The molecule has 18 heavy (non-hydrogen) atoms. The fourth-order valence-corrected chi connectivity index (χ4v) is 1.56. The van der Waals surface area contributed by atoms with E-state index in [0.29, 0.717) is 5.92 Å². The van der Waals surface area contributed by atoms with Gasteiger partial charge in [-0.2, -0.15) is 5.48 Å². The molecule has 4 nitrogen and oxygen atoms in total. The molecule has 2 rings (SSSR count). The third-order valence-corrected chi connectivity index (χ3v) is 2.53. The second-order valence-corrected chi connectivity index (χ2v) is 4.66. The Hall–Kier alpha value is -1.65. The highest BCUT2D eigenvalue weighted by Gasteiger charge is 1.97. The topological polar surface area (TPSA) is 39.1 Å². The van der Waals surface area contributed by atoms with Crippen LogP contribution in [0.4, 0.5) is 0 Å². The van der Waals surface area contributed by atoms with Gasteiger partial charge in [0.05, 0.1) is 12.9 Å². The lowest BCUT2D eigenvalue weighted by atomic mass is 10.2. The Morgan fingerprint density at radius 2 is 2.06 bits per heavy atom. The average Bonchev–Trinajstić information content (AvgIpc) is 2.89. The van der Waals surface area contributed by atoms with Gasteiger partial charge in [-0.15, -0.1) is 0 Å². The predicted octanol–water partition coefficient (Wildman–Crippen LogP) is 2.55. The Bertz CT molecular complexity index is 448. The summed E-state index contributed by atoms with van der Waals surface area (Å²) in [6.07, 6.45) is 5.49. The third-order valence-electron chi connectivity index (χ3n) is 2.53. The molecule has 0 atom stereocenters. The van der Waals surface area contributed by atoms with Crippen molar-refractivity contribution in [3.05, 3.63) is 48.5 Å². The number of imidazole rings is 1. The number of aromatic nitrogens is 2. The minimum atomic E-state index is 0.543. The van der Waals surface area contributed by atoms with E-state index >= 15 is 0 Å². The zero-order chi connectivity index (χ0) is 12.8. The molecule has 1 N–H and O–H groups in total. The van der Waals surface area contributed by atoms with Crippen LogP contribution < -0.4 is 5.48 Å². The van der Waals surface area contributed by atoms with Crippen molar-refractivity contribution < 1.29 is 4.84 Å². The van der Waals surface area contributed by atoms with Gasteiger partial charge < -0.3 is 9.40 Å². The molecular weight excluding hydrogens is 226 g/mol. The first-order valence-corrected chi connectivity index (χ1v) is 6.17. The number of rotatable bonds is 6. The molecule has 0 aliphatic carbocycles. The average molecular weight is 245 g/mol. The lowest BCUT2D eigenvalue weighted by Gasteiger charge is -2.08. The Labute approximate surface area is 108 Å². The molecule has 1 heterocycles. The lowest BCUT2D eigenvalue weighted by molar-refractivity contribution is 0.0196. The summed E-state index contributed by atoms with van der Waals surface area (Å²) in [6.45, 7) is 5.70. The number of benzene rings is 1. The monoisotopic (exact) mass is 245 g/mol. The molecule has 0 bridgehead atoms. The third kappa shape index (κ3) is 3.68. The van der Waals surface area contributed by atoms with Gasteiger partial charge in [0, 0.05) is 24.6 Å². The van der Waals surface area contributed by atoms with E-state index in [1.165, 1.54) is 5.56 Å². The van der Waals surface area contributed by atoms with Gasteiger partial charge in [-0.05, 0) is 23.6 Å². The molecule has 96 valence electrons. The van der Waals surface area contributed by atoms with E-state index in [4.69, 9.17) is 4.84 Å². The van der Waals surface area contributed by atoms with Gasteiger partial charge in [0.25, 0.3) is 0 Å². The molecule has 0 amide bonds. The summed E-state index contributed by atoms with van der Waals surface area (Å²) in [6, 6.07) is 8.31. The summed E-state index contributed by atoms with van der Waals surface area (Å²) in [5.74, 6) is 0.543. The fraction of sp³-hybridized carbons (Fsp3) is 0.357. The van der Waals surface area contributed by atoms with E-state index < -0.39 is 0 Å². The summed E-state index contributed by atoms with van der Waals surface area (Å²) >= 11 is 0. The van der Waals surface area contributed by atoms with Gasteiger partial charge in [-0.1, -0.05) is 26.0 Å². The van der Waals surface area contributed by atoms with Crippen molar-refractivity contribution in [3.63, 3.8) is 0 Å². The van der Waals surface area contributed by atoms with E-state index in [0.717, 1.165) is 18.8 Å². The Morgan fingerprint density at radius 3 is 2.67 bits per heavy atom. The van der Waals surface area contributed by atoms with Crippen molar-refractivity contribution in [2.75, 3.05) is 6.61 Å². The van der Waals surface area contributed by atoms with Gasteiger partial charge >= 0.3 is 0 Å². The Morgan fingerprint density at radius 1 is 1.28 bits per heavy atom. The molecule has 0 aliphatic rings. The van der Waals surface area contributed by atoms with Gasteiger partial charge in [0.15, 0.2) is 0 Å². The SMILES string of the molecule is CC(C)CONCc1ccc(-n2ccnc2)cc1. The highest BCUT2D eigenvalue weighted by Crippen LogP contribution is 2.09. The van der Waals surface area contributed by atoms with E-state index in [1.807, 2.05) is 10.8 Å². The van der Waals surface area contributed by atoms with E-state index in [9.17, 15) is 0 Å². The number of hydrogen-bond acceptors (Lipinski definition) is 3. The molecular formula is C14H19N3O. The van der Waals surface area contributed by atoms with Crippen molar-refractivity contribution in [1.82, 2.24) is 15.0 Å². The van der Waals surface area contributed by atoms with Crippen LogP contribution in [-0.2, 0) is 11.4 Å². The molecule has 0 spiro atoms. The number of nitrogens with one attached hydrogen (secondary N) is 1. The zero-order valence-corrected chi connectivity index (χ0v) is 10.8.